The first-order valence-corrected chi connectivity index (χ1v) is 7.77. The molecule has 1 atom stereocenters. The summed E-state index contributed by atoms with van der Waals surface area (Å²) in [6, 6.07) is 8.55. The van der Waals surface area contributed by atoms with E-state index in [9.17, 15) is 9.50 Å². The number of rotatable bonds is 7. The zero-order valence-corrected chi connectivity index (χ0v) is 12.9. The van der Waals surface area contributed by atoms with Crippen LogP contribution in [0.4, 0.5) is 4.39 Å². The molecule has 1 N–H and O–H groups in total. The first-order chi connectivity index (χ1) is 9.98. The maximum Gasteiger partial charge on any atom is 0.123 e. The van der Waals surface area contributed by atoms with Gasteiger partial charge in [-0.3, -0.25) is 4.90 Å². The van der Waals surface area contributed by atoms with Gasteiger partial charge < -0.3 is 5.11 Å². The Morgan fingerprint density at radius 3 is 2.48 bits per heavy atom. The van der Waals surface area contributed by atoms with Crippen molar-refractivity contribution < 1.29 is 9.50 Å². The SMILES string of the molecule is C=CC(C)(O)CN(Cc1ccc(F)cc1)Cc1ccsc1. The average molecular weight is 305 g/mol. The zero-order chi connectivity index (χ0) is 15.3. The van der Waals surface area contributed by atoms with E-state index in [2.05, 4.69) is 22.9 Å². The predicted molar refractivity (Wildman–Crippen MR) is 85.7 cm³/mol. The van der Waals surface area contributed by atoms with Gasteiger partial charge in [-0.2, -0.15) is 11.3 Å². The lowest BCUT2D eigenvalue weighted by Crippen LogP contribution is -2.38. The Hall–Kier alpha value is -1.49. The molecular weight excluding hydrogens is 285 g/mol. The van der Waals surface area contributed by atoms with E-state index in [1.165, 1.54) is 17.7 Å². The fourth-order valence-corrected chi connectivity index (χ4v) is 2.83. The second-order valence-corrected chi connectivity index (χ2v) is 6.24. The maximum absolute atomic E-state index is 13.0. The molecule has 21 heavy (non-hydrogen) atoms. The highest BCUT2D eigenvalue weighted by Gasteiger charge is 2.20. The molecule has 0 saturated heterocycles. The van der Waals surface area contributed by atoms with Gasteiger partial charge in [0.25, 0.3) is 0 Å². The summed E-state index contributed by atoms with van der Waals surface area (Å²) in [6.45, 7) is 7.29. The van der Waals surface area contributed by atoms with E-state index in [1.54, 1.807) is 36.5 Å². The van der Waals surface area contributed by atoms with Crippen LogP contribution in [0.25, 0.3) is 0 Å². The minimum absolute atomic E-state index is 0.235. The average Bonchev–Trinajstić information content (AvgIpc) is 2.94. The van der Waals surface area contributed by atoms with Crippen LogP contribution in [-0.4, -0.2) is 22.2 Å². The number of nitrogens with zero attached hydrogens (tertiary/aromatic N) is 1. The first kappa shape index (κ1) is 15.9. The lowest BCUT2D eigenvalue weighted by molar-refractivity contribution is 0.0556. The molecule has 0 bridgehead atoms. The Labute approximate surface area is 129 Å². The Morgan fingerprint density at radius 1 is 1.24 bits per heavy atom. The lowest BCUT2D eigenvalue weighted by atomic mass is 10.1. The van der Waals surface area contributed by atoms with Gasteiger partial charge in [0.15, 0.2) is 0 Å². The fourth-order valence-electron chi connectivity index (χ4n) is 2.17. The Bertz CT molecular complexity index is 563. The lowest BCUT2D eigenvalue weighted by Gasteiger charge is -2.29. The molecule has 2 nitrogen and oxygen atoms in total. The highest BCUT2D eigenvalue weighted by atomic mass is 32.1. The molecule has 1 heterocycles. The van der Waals surface area contributed by atoms with Gasteiger partial charge in [0, 0.05) is 19.6 Å². The van der Waals surface area contributed by atoms with Crippen LogP contribution in [-0.2, 0) is 13.1 Å². The van der Waals surface area contributed by atoms with Crippen LogP contribution in [0.1, 0.15) is 18.1 Å². The van der Waals surface area contributed by atoms with Crippen LogP contribution < -0.4 is 0 Å². The molecule has 1 aromatic heterocycles. The van der Waals surface area contributed by atoms with E-state index < -0.39 is 5.60 Å². The molecule has 0 radical (unpaired) electrons. The molecule has 2 aromatic rings. The van der Waals surface area contributed by atoms with Crippen LogP contribution in [0.2, 0.25) is 0 Å². The molecule has 4 heteroatoms. The predicted octanol–water partition coefficient (Wildman–Crippen LogP) is 3.83. The fraction of sp³-hybridized carbons (Fsp3) is 0.294. The van der Waals surface area contributed by atoms with Gasteiger partial charge in [-0.15, -0.1) is 6.58 Å². The molecule has 0 amide bonds. The summed E-state index contributed by atoms with van der Waals surface area (Å²) < 4.78 is 13.0. The third-order valence-corrected chi connectivity index (χ3v) is 4.02. The Kier molecular flexibility index (Phi) is 5.28. The standard InChI is InChI=1S/C17H20FNOS/c1-3-17(2,20)13-19(11-15-8-9-21-12-15)10-14-4-6-16(18)7-5-14/h3-9,12,20H,1,10-11,13H2,2H3. The second kappa shape index (κ2) is 6.98. The zero-order valence-electron chi connectivity index (χ0n) is 12.1. The van der Waals surface area contributed by atoms with E-state index >= 15 is 0 Å². The van der Waals surface area contributed by atoms with Crippen LogP contribution in [0.3, 0.4) is 0 Å². The molecule has 112 valence electrons. The largest absolute Gasteiger partial charge is 0.385 e. The summed E-state index contributed by atoms with van der Waals surface area (Å²) in [5.74, 6) is -0.235. The molecular formula is C17H20FNOS. The van der Waals surface area contributed by atoms with Crippen molar-refractivity contribution in [3.8, 4) is 0 Å². The van der Waals surface area contributed by atoms with Gasteiger partial charge in [-0.25, -0.2) is 4.39 Å². The third-order valence-electron chi connectivity index (χ3n) is 3.29. The number of benzene rings is 1. The Balaban J connectivity index is 2.10. The number of hydrogen-bond acceptors (Lipinski definition) is 3. The monoisotopic (exact) mass is 305 g/mol. The molecule has 2 rings (SSSR count). The third kappa shape index (κ3) is 5.08. The van der Waals surface area contributed by atoms with Crippen LogP contribution in [0, 0.1) is 5.82 Å². The number of thiophene rings is 1. The van der Waals surface area contributed by atoms with Gasteiger partial charge >= 0.3 is 0 Å². The van der Waals surface area contributed by atoms with E-state index in [0.717, 1.165) is 12.1 Å². The number of halogens is 1. The number of hydrogen-bond donors (Lipinski definition) is 1. The van der Waals surface area contributed by atoms with Gasteiger partial charge in [-0.05, 0) is 47.0 Å². The normalized spacial score (nSPS) is 14.1. The highest BCUT2D eigenvalue weighted by molar-refractivity contribution is 7.07. The van der Waals surface area contributed by atoms with Crippen molar-refractivity contribution in [2.45, 2.75) is 25.6 Å². The van der Waals surface area contributed by atoms with E-state index in [4.69, 9.17) is 0 Å². The summed E-state index contributed by atoms with van der Waals surface area (Å²) in [5.41, 5.74) is 1.28. The summed E-state index contributed by atoms with van der Waals surface area (Å²) in [4.78, 5) is 2.14. The van der Waals surface area contributed by atoms with Gasteiger partial charge in [0.2, 0.25) is 0 Å². The number of aliphatic hydroxyl groups is 1. The Morgan fingerprint density at radius 2 is 1.90 bits per heavy atom. The smallest absolute Gasteiger partial charge is 0.123 e. The van der Waals surface area contributed by atoms with Gasteiger partial charge in [0.1, 0.15) is 5.82 Å². The van der Waals surface area contributed by atoms with Crippen LogP contribution in [0.15, 0.2) is 53.7 Å². The minimum atomic E-state index is -0.948. The molecule has 0 aliphatic carbocycles. The van der Waals surface area contributed by atoms with Crippen molar-refractivity contribution in [2.24, 2.45) is 0 Å². The quantitative estimate of drug-likeness (QED) is 0.786. The van der Waals surface area contributed by atoms with Crippen LogP contribution in [0.5, 0.6) is 0 Å². The molecule has 0 aliphatic rings. The minimum Gasteiger partial charge on any atom is -0.385 e. The molecule has 0 saturated carbocycles. The van der Waals surface area contributed by atoms with Crippen molar-refractivity contribution in [3.63, 3.8) is 0 Å². The molecule has 0 spiro atoms. The maximum atomic E-state index is 13.0. The van der Waals surface area contributed by atoms with Crippen molar-refractivity contribution in [2.75, 3.05) is 6.54 Å². The highest BCUT2D eigenvalue weighted by Crippen LogP contribution is 2.17. The van der Waals surface area contributed by atoms with Crippen molar-refractivity contribution in [1.82, 2.24) is 4.90 Å². The summed E-state index contributed by atoms with van der Waals surface area (Å²) in [7, 11) is 0. The van der Waals surface area contributed by atoms with E-state index in [0.29, 0.717) is 13.1 Å². The second-order valence-electron chi connectivity index (χ2n) is 5.46. The van der Waals surface area contributed by atoms with Crippen molar-refractivity contribution >= 4 is 11.3 Å². The summed E-state index contributed by atoms with van der Waals surface area (Å²) >= 11 is 1.65. The molecule has 0 fully saturated rings. The van der Waals surface area contributed by atoms with E-state index in [1.807, 2.05) is 5.38 Å². The van der Waals surface area contributed by atoms with Gasteiger partial charge in [-0.1, -0.05) is 18.2 Å². The molecule has 1 unspecified atom stereocenters. The topological polar surface area (TPSA) is 23.5 Å². The van der Waals surface area contributed by atoms with Crippen molar-refractivity contribution in [1.29, 1.82) is 0 Å². The summed E-state index contributed by atoms with van der Waals surface area (Å²) in [6.07, 6.45) is 1.55. The first-order valence-electron chi connectivity index (χ1n) is 6.82. The summed E-state index contributed by atoms with van der Waals surface area (Å²) in [5, 5.41) is 14.4. The molecule has 0 aliphatic heterocycles. The van der Waals surface area contributed by atoms with Crippen molar-refractivity contribution in [3.05, 3.63) is 70.7 Å². The van der Waals surface area contributed by atoms with E-state index in [-0.39, 0.29) is 5.82 Å². The van der Waals surface area contributed by atoms with Gasteiger partial charge in [0.05, 0.1) is 5.60 Å². The molecule has 1 aromatic carbocycles. The van der Waals surface area contributed by atoms with Crippen LogP contribution >= 0.6 is 11.3 Å².